The second-order valence-electron chi connectivity index (χ2n) is 5.64. The number of rotatable bonds is 8. The fourth-order valence-corrected chi connectivity index (χ4v) is 6.46. The van der Waals surface area contributed by atoms with Gasteiger partial charge in [-0.05, 0) is 37.1 Å². The van der Waals surface area contributed by atoms with Crippen molar-refractivity contribution in [3.8, 4) is 0 Å². The summed E-state index contributed by atoms with van der Waals surface area (Å²) in [6.45, 7) is 11.6. The van der Waals surface area contributed by atoms with Gasteiger partial charge in [-0.2, -0.15) is 0 Å². The van der Waals surface area contributed by atoms with Crippen LogP contribution in [0.5, 0.6) is 0 Å². The minimum atomic E-state index is -2.35. The summed E-state index contributed by atoms with van der Waals surface area (Å²) >= 11 is 0. The molecule has 1 fully saturated rings. The summed E-state index contributed by atoms with van der Waals surface area (Å²) in [5, 5.41) is 1.31. The zero-order valence-corrected chi connectivity index (χ0v) is 14.8. The Kier molecular flexibility index (Phi) is 5.60. The van der Waals surface area contributed by atoms with E-state index >= 15 is 0 Å². The fourth-order valence-electron chi connectivity index (χ4n) is 3.23. The molecule has 0 bridgehead atoms. The van der Waals surface area contributed by atoms with E-state index in [-0.39, 0.29) is 5.41 Å². The molecule has 118 valence electrons. The Labute approximate surface area is 129 Å². The highest BCUT2D eigenvalue weighted by Crippen LogP contribution is 2.36. The molecule has 4 heteroatoms. The third-order valence-corrected chi connectivity index (χ3v) is 8.26. The maximum absolute atomic E-state index is 6.23. The van der Waals surface area contributed by atoms with Gasteiger partial charge < -0.3 is 13.6 Å². The van der Waals surface area contributed by atoms with Crippen LogP contribution in [0, 0.1) is 0 Å². The lowest BCUT2D eigenvalue weighted by Crippen LogP contribution is -2.59. The van der Waals surface area contributed by atoms with Crippen LogP contribution in [-0.2, 0) is 19.0 Å². The van der Waals surface area contributed by atoms with E-state index < -0.39 is 8.56 Å². The molecule has 0 aliphatic carbocycles. The maximum Gasteiger partial charge on any atom is 0.372 e. The Morgan fingerprint density at radius 3 is 2.10 bits per heavy atom. The summed E-state index contributed by atoms with van der Waals surface area (Å²) in [7, 11) is -2.35. The molecule has 1 aliphatic rings. The monoisotopic (exact) mass is 308 g/mol. The largest absolute Gasteiger partial charge is 0.391 e. The molecular formula is C17H28O3Si. The van der Waals surface area contributed by atoms with E-state index in [1.165, 1.54) is 10.8 Å². The van der Waals surface area contributed by atoms with Crippen molar-refractivity contribution < 1.29 is 13.6 Å². The van der Waals surface area contributed by atoms with Crippen LogP contribution in [0.4, 0.5) is 0 Å². The van der Waals surface area contributed by atoms with Gasteiger partial charge in [0.05, 0.1) is 13.2 Å². The van der Waals surface area contributed by atoms with Crippen LogP contribution in [0.25, 0.3) is 0 Å². The van der Waals surface area contributed by atoms with E-state index in [4.69, 9.17) is 13.6 Å². The number of hydrogen-bond acceptors (Lipinski definition) is 3. The average molecular weight is 308 g/mol. The summed E-state index contributed by atoms with van der Waals surface area (Å²) in [4.78, 5) is 0. The first-order chi connectivity index (χ1) is 10.2. The minimum Gasteiger partial charge on any atom is -0.391 e. The molecule has 0 atom stereocenters. The fraction of sp³-hybridized carbons (Fsp3) is 0.647. The van der Waals surface area contributed by atoms with Crippen molar-refractivity contribution in [1.29, 1.82) is 0 Å². The lowest BCUT2D eigenvalue weighted by atomic mass is 9.76. The quantitative estimate of drug-likeness (QED) is 0.691. The predicted molar refractivity (Wildman–Crippen MR) is 88.4 cm³/mol. The molecule has 0 spiro atoms. The van der Waals surface area contributed by atoms with Crippen LogP contribution >= 0.6 is 0 Å². The Bertz CT molecular complexity index is 446. The normalized spacial score (nSPS) is 17.5. The molecule has 2 rings (SSSR count). The molecule has 21 heavy (non-hydrogen) atoms. The van der Waals surface area contributed by atoms with Crippen molar-refractivity contribution in [2.75, 3.05) is 26.4 Å². The highest BCUT2D eigenvalue weighted by molar-refractivity contribution is 6.81. The van der Waals surface area contributed by atoms with E-state index in [0.29, 0.717) is 13.2 Å². The molecule has 1 aromatic rings. The molecule has 0 N–H and O–H groups in total. The van der Waals surface area contributed by atoms with Crippen molar-refractivity contribution in [3.05, 3.63) is 29.8 Å². The first-order valence-electron chi connectivity index (χ1n) is 8.13. The lowest BCUT2D eigenvalue weighted by Gasteiger charge is -2.44. The Morgan fingerprint density at radius 2 is 1.67 bits per heavy atom. The van der Waals surface area contributed by atoms with Crippen LogP contribution < -0.4 is 5.19 Å². The SMILES string of the molecule is CCO[Si](CC)(OCC)c1ccccc1C1(CC)COC1. The van der Waals surface area contributed by atoms with Crippen molar-refractivity contribution in [3.63, 3.8) is 0 Å². The van der Waals surface area contributed by atoms with E-state index in [1.54, 1.807) is 0 Å². The van der Waals surface area contributed by atoms with Gasteiger partial charge in [-0.25, -0.2) is 0 Å². The zero-order chi connectivity index (χ0) is 15.3. The Balaban J connectivity index is 2.50. The number of hydrogen-bond donors (Lipinski definition) is 0. The molecule has 0 aromatic heterocycles. The molecule has 1 heterocycles. The summed E-state index contributed by atoms with van der Waals surface area (Å²) < 4.78 is 18.0. The molecule has 0 radical (unpaired) electrons. The maximum atomic E-state index is 6.23. The summed E-state index contributed by atoms with van der Waals surface area (Å²) in [6, 6.07) is 9.63. The van der Waals surface area contributed by atoms with E-state index in [9.17, 15) is 0 Å². The Hall–Kier alpha value is -0.683. The molecule has 0 unspecified atom stereocenters. The highest BCUT2D eigenvalue weighted by atomic mass is 28.4. The first-order valence-corrected chi connectivity index (χ1v) is 10.2. The number of ether oxygens (including phenoxy) is 1. The van der Waals surface area contributed by atoms with Gasteiger partial charge in [0.15, 0.2) is 0 Å². The summed E-state index contributed by atoms with van der Waals surface area (Å²) in [6.07, 6.45) is 1.09. The molecule has 0 saturated carbocycles. The van der Waals surface area contributed by atoms with Crippen molar-refractivity contribution in [1.82, 2.24) is 0 Å². The van der Waals surface area contributed by atoms with Crippen LogP contribution in [0.15, 0.2) is 24.3 Å². The van der Waals surface area contributed by atoms with Crippen LogP contribution in [0.2, 0.25) is 6.04 Å². The second kappa shape index (κ2) is 7.05. The second-order valence-corrected chi connectivity index (χ2v) is 8.97. The lowest BCUT2D eigenvalue weighted by molar-refractivity contribution is -0.0616. The van der Waals surface area contributed by atoms with Gasteiger partial charge in [0.1, 0.15) is 0 Å². The van der Waals surface area contributed by atoms with Gasteiger partial charge in [0.25, 0.3) is 0 Å². The van der Waals surface area contributed by atoms with Crippen molar-refractivity contribution >= 4 is 13.7 Å². The molecule has 1 saturated heterocycles. The molecular weight excluding hydrogens is 280 g/mol. The van der Waals surface area contributed by atoms with Crippen LogP contribution in [0.1, 0.15) is 39.7 Å². The topological polar surface area (TPSA) is 27.7 Å². The number of benzene rings is 1. The average Bonchev–Trinajstić information content (AvgIpc) is 2.47. The van der Waals surface area contributed by atoms with E-state index in [0.717, 1.165) is 25.7 Å². The summed E-state index contributed by atoms with van der Waals surface area (Å²) in [5.74, 6) is 0. The van der Waals surface area contributed by atoms with Crippen LogP contribution in [-0.4, -0.2) is 35.0 Å². The molecule has 1 aromatic carbocycles. The van der Waals surface area contributed by atoms with Crippen molar-refractivity contribution in [2.45, 2.75) is 45.6 Å². The van der Waals surface area contributed by atoms with Gasteiger partial charge >= 0.3 is 8.56 Å². The van der Waals surface area contributed by atoms with Gasteiger partial charge in [-0.15, -0.1) is 0 Å². The van der Waals surface area contributed by atoms with Gasteiger partial charge in [-0.1, -0.05) is 38.1 Å². The molecule has 0 amide bonds. The highest BCUT2D eigenvalue weighted by Gasteiger charge is 2.46. The first kappa shape index (κ1) is 16.7. The third kappa shape index (κ3) is 2.95. The Morgan fingerprint density at radius 1 is 1.05 bits per heavy atom. The smallest absolute Gasteiger partial charge is 0.372 e. The van der Waals surface area contributed by atoms with Gasteiger partial charge in [-0.3, -0.25) is 0 Å². The van der Waals surface area contributed by atoms with Gasteiger partial charge in [0.2, 0.25) is 0 Å². The third-order valence-electron chi connectivity index (χ3n) is 4.56. The predicted octanol–water partition coefficient (Wildman–Crippen LogP) is 3.11. The van der Waals surface area contributed by atoms with Gasteiger partial charge in [0, 0.05) is 18.6 Å². The minimum absolute atomic E-state index is 0.151. The standard InChI is InChI=1S/C17H28O3Si/c1-5-17(13-18-14-17)15-11-9-10-12-16(15)21(8-4,19-6-2)20-7-3/h9-12H,5-8,13-14H2,1-4H3. The van der Waals surface area contributed by atoms with E-state index in [2.05, 4.69) is 52.0 Å². The van der Waals surface area contributed by atoms with Crippen molar-refractivity contribution in [2.24, 2.45) is 0 Å². The molecule has 1 aliphatic heterocycles. The molecule has 3 nitrogen and oxygen atoms in total. The zero-order valence-electron chi connectivity index (χ0n) is 13.8. The van der Waals surface area contributed by atoms with E-state index in [1.807, 2.05) is 0 Å². The summed E-state index contributed by atoms with van der Waals surface area (Å²) in [5.41, 5.74) is 1.53. The van der Waals surface area contributed by atoms with Crippen LogP contribution in [0.3, 0.4) is 0 Å².